The Morgan fingerprint density at radius 2 is 1.52 bits per heavy atom. The predicted octanol–water partition coefficient (Wildman–Crippen LogP) is 6.87. The lowest BCUT2D eigenvalue weighted by Crippen LogP contribution is -2.39. The van der Waals surface area contributed by atoms with Crippen LogP contribution in [-0.4, -0.2) is 33.7 Å². The molecule has 7 rings (SSSR count). The molecule has 0 saturated heterocycles. The molecule has 0 aliphatic carbocycles. The van der Waals surface area contributed by atoms with Crippen molar-refractivity contribution in [2.45, 2.75) is 26.1 Å². The van der Waals surface area contributed by atoms with Crippen LogP contribution in [0, 0.1) is 11.6 Å². The number of nitrogens with one attached hydrogen (secondary N) is 2. The van der Waals surface area contributed by atoms with Crippen LogP contribution in [0.4, 0.5) is 19.3 Å². The number of nitrogens with zero attached hydrogens (tertiary/aromatic N) is 3. The quantitative estimate of drug-likeness (QED) is 0.168. The van der Waals surface area contributed by atoms with Crippen molar-refractivity contribution in [1.29, 1.82) is 0 Å². The molecular formula is C37H32ClF2N5O4S. The Kier molecular flexibility index (Phi) is 10.3. The number of hydrogen-bond acceptors (Lipinski definition) is 6. The summed E-state index contributed by atoms with van der Waals surface area (Å²) in [7, 11) is 1.33. The molecule has 2 aromatic heterocycles. The number of amides is 2. The van der Waals surface area contributed by atoms with Crippen molar-refractivity contribution < 1.29 is 18.4 Å². The highest BCUT2D eigenvalue weighted by atomic mass is 35.5. The second-order valence-corrected chi connectivity index (χ2v) is 12.7. The van der Waals surface area contributed by atoms with E-state index in [0.29, 0.717) is 40.2 Å². The first kappa shape index (κ1) is 34.7. The van der Waals surface area contributed by atoms with Crippen molar-refractivity contribution in [2.75, 3.05) is 19.0 Å². The Morgan fingerprint density at radius 3 is 2.22 bits per heavy atom. The molecular weight excluding hydrogens is 684 g/mol. The molecule has 2 N–H and O–H groups in total. The van der Waals surface area contributed by atoms with Crippen molar-refractivity contribution in [3.63, 3.8) is 0 Å². The summed E-state index contributed by atoms with van der Waals surface area (Å²) in [5.74, 6) is -1.58. The number of carbonyl (C=O) groups is 1. The summed E-state index contributed by atoms with van der Waals surface area (Å²) in [4.78, 5) is 48.8. The number of fused-ring (bicyclic) bond motifs is 2. The molecule has 0 saturated carbocycles. The highest BCUT2D eigenvalue weighted by Gasteiger charge is 2.27. The summed E-state index contributed by atoms with van der Waals surface area (Å²) >= 11 is 1.23. The first-order valence-electron chi connectivity index (χ1n) is 15.6. The van der Waals surface area contributed by atoms with E-state index in [0.717, 1.165) is 40.1 Å². The zero-order valence-electron chi connectivity index (χ0n) is 26.8. The molecule has 50 heavy (non-hydrogen) atoms. The molecule has 13 heteroatoms. The first-order valence-corrected chi connectivity index (χ1v) is 16.4. The summed E-state index contributed by atoms with van der Waals surface area (Å²) < 4.78 is 32.5. The number of aromatic nitrogens is 2. The Morgan fingerprint density at radius 1 is 0.840 bits per heavy atom. The summed E-state index contributed by atoms with van der Waals surface area (Å²) in [6.07, 6.45) is 0.836. The maximum atomic E-state index is 15.1. The van der Waals surface area contributed by atoms with Gasteiger partial charge in [0, 0.05) is 35.8 Å². The Labute approximate surface area is 295 Å². The van der Waals surface area contributed by atoms with E-state index >= 15 is 8.78 Å². The van der Waals surface area contributed by atoms with Crippen molar-refractivity contribution >= 4 is 45.7 Å². The van der Waals surface area contributed by atoms with Crippen LogP contribution in [-0.2, 0) is 30.9 Å². The number of thiophene rings is 1. The second kappa shape index (κ2) is 14.8. The standard InChI is InChI=1S/C37H31F2N5O4S.ClH/c1-48-41-36(46)40-26-16-14-24(15-17-26)33-29(21-42-19-18-23-8-5-6-9-25(23)20-42)32-34(45)44(27-10-3-2-4-11-27)37(47)43(35(32)49-33)22-28-30(38)12-7-13-31(28)39;/h2-17H,18-22H2,1H3,(H2,40,41,46);1H. The minimum absolute atomic E-state index is 0. The van der Waals surface area contributed by atoms with E-state index in [9.17, 15) is 14.4 Å². The number of hydroxylamine groups is 1. The van der Waals surface area contributed by atoms with E-state index in [4.69, 9.17) is 0 Å². The Bertz CT molecular complexity index is 2290. The molecule has 0 unspecified atom stereocenters. The van der Waals surface area contributed by atoms with Gasteiger partial charge in [-0.3, -0.25) is 19.1 Å². The number of hydrogen-bond donors (Lipinski definition) is 2. The SMILES string of the molecule is CONC(=O)Nc1ccc(-c2sc3c(c2CN2CCc4ccccc4C2)c(=O)n(-c2ccccc2)c(=O)n3Cc2c(F)cccc2F)cc1.Cl. The van der Waals surface area contributed by atoms with Crippen molar-refractivity contribution in [3.8, 4) is 16.1 Å². The van der Waals surface area contributed by atoms with Crippen molar-refractivity contribution in [2.24, 2.45) is 0 Å². The van der Waals surface area contributed by atoms with Crippen LogP contribution in [0.5, 0.6) is 0 Å². The van der Waals surface area contributed by atoms with Gasteiger partial charge in [-0.2, -0.15) is 0 Å². The van der Waals surface area contributed by atoms with Crippen molar-refractivity contribution in [1.82, 2.24) is 19.5 Å². The third-order valence-electron chi connectivity index (χ3n) is 8.66. The zero-order valence-corrected chi connectivity index (χ0v) is 28.5. The van der Waals surface area contributed by atoms with Crippen LogP contribution in [0.15, 0.2) is 107 Å². The van der Waals surface area contributed by atoms with E-state index in [1.165, 1.54) is 40.2 Å². The zero-order chi connectivity index (χ0) is 34.1. The third-order valence-corrected chi connectivity index (χ3v) is 9.96. The van der Waals surface area contributed by atoms with Crippen LogP contribution in [0.3, 0.4) is 0 Å². The van der Waals surface area contributed by atoms with E-state index in [-0.39, 0.29) is 18.0 Å². The van der Waals surface area contributed by atoms with Gasteiger partial charge in [-0.25, -0.2) is 28.4 Å². The Hall–Kier alpha value is -5.14. The minimum atomic E-state index is -0.790. The summed E-state index contributed by atoms with van der Waals surface area (Å²) in [6, 6.07) is 26.9. The Balaban J connectivity index is 0.00000432. The third kappa shape index (κ3) is 6.70. The number of urea groups is 1. The molecule has 1 aliphatic rings. The van der Waals surface area contributed by atoms with Gasteiger partial charge < -0.3 is 5.32 Å². The average molecular weight is 716 g/mol. The predicted molar refractivity (Wildman–Crippen MR) is 193 cm³/mol. The normalized spacial score (nSPS) is 12.7. The van der Waals surface area contributed by atoms with Gasteiger partial charge in [-0.05, 0) is 65.1 Å². The van der Waals surface area contributed by atoms with Gasteiger partial charge in [0.05, 0.1) is 24.7 Å². The lowest BCUT2D eigenvalue weighted by molar-refractivity contribution is 0.114. The molecule has 2 amide bonds. The largest absolute Gasteiger partial charge is 0.343 e. The monoisotopic (exact) mass is 715 g/mol. The fourth-order valence-electron chi connectivity index (χ4n) is 6.31. The van der Waals surface area contributed by atoms with E-state index in [1.54, 1.807) is 42.5 Å². The minimum Gasteiger partial charge on any atom is -0.306 e. The fourth-order valence-corrected chi connectivity index (χ4v) is 7.61. The molecule has 0 bridgehead atoms. The number of halogens is 3. The smallest absolute Gasteiger partial charge is 0.306 e. The number of benzene rings is 4. The number of para-hydroxylation sites is 1. The number of anilines is 1. The lowest BCUT2D eigenvalue weighted by atomic mass is 9.99. The molecule has 256 valence electrons. The first-order chi connectivity index (χ1) is 23.8. The molecule has 3 heterocycles. The van der Waals surface area contributed by atoms with Gasteiger partial charge in [0.2, 0.25) is 0 Å². The molecule has 0 radical (unpaired) electrons. The molecule has 6 aromatic rings. The molecule has 0 spiro atoms. The molecule has 0 atom stereocenters. The van der Waals surface area contributed by atoms with Gasteiger partial charge in [-0.15, -0.1) is 23.7 Å². The lowest BCUT2D eigenvalue weighted by Gasteiger charge is -2.29. The molecule has 1 aliphatic heterocycles. The molecule has 4 aromatic carbocycles. The number of rotatable bonds is 8. The van der Waals surface area contributed by atoms with Crippen LogP contribution in [0.25, 0.3) is 26.3 Å². The topological polar surface area (TPSA) is 97.6 Å². The van der Waals surface area contributed by atoms with Gasteiger partial charge in [0.1, 0.15) is 16.5 Å². The van der Waals surface area contributed by atoms with Crippen LogP contribution < -0.4 is 22.0 Å². The maximum absolute atomic E-state index is 15.1. The maximum Gasteiger partial charge on any atom is 0.343 e. The summed E-state index contributed by atoms with van der Waals surface area (Å²) in [5, 5.41) is 2.98. The fraction of sp³-hybridized carbons (Fsp3) is 0.162. The van der Waals surface area contributed by atoms with E-state index < -0.39 is 35.5 Å². The van der Waals surface area contributed by atoms with Crippen LogP contribution >= 0.6 is 23.7 Å². The molecule has 0 fully saturated rings. The second-order valence-electron chi connectivity index (χ2n) is 11.7. The van der Waals surface area contributed by atoms with Gasteiger partial charge in [-0.1, -0.05) is 60.7 Å². The highest BCUT2D eigenvalue weighted by molar-refractivity contribution is 7.22. The van der Waals surface area contributed by atoms with Crippen LogP contribution in [0.1, 0.15) is 22.3 Å². The highest BCUT2D eigenvalue weighted by Crippen LogP contribution is 2.39. The van der Waals surface area contributed by atoms with Crippen molar-refractivity contribution in [3.05, 3.63) is 152 Å². The average Bonchev–Trinajstić information content (AvgIpc) is 3.47. The van der Waals surface area contributed by atoms with Gasteiger partial charge in [0.25, 0.3) is 5.56 Å². The number of carbonyl (C=O) groups excluding carboxylic acids is 1. The van der Waals surface area contributed by atoms with Gasteiger partial charge in [0.15, 0.2) is 0 Å². The summed E-state index contributed by atoms with van der Waals surface area (Å²) in [6.45, 7) is 1.38. The van der Waals surface area contributed by atoms with Crippen LogP contribution in [0.2, 0.25) is 0 Å². The molecule has 9 nitrogen and oxygen atoms in total. The van der Waals surface area contributed by atoms with E-state index in [2.05, 4.69) is 32.7 Å². The van der Waals surface area contributed by atoms with Gasteiger partial charge >= 0.3 is 11.7 Å². The summed E-state index contributed by atoms with van der Waals surface area (Å²) in [5.41, 5.74) is 5.49. The van der Waals surface area contributed by atoms with E-state index in [1.807, 2.05) is 24.3 Å².